The number of nitrogens with zero attached hydrogens (tertiary/aromatic N) is 1. The minimum absolute atomic E-state index is 0.0495. The van der Waals surface area contributed by atoms with Crippen molar-refractivity contribution < 1.29 is 4.79 Å². The summed E-state index contributed by atoms with van der Waals surface area (Å²) in [6.07, 6.45) is 0. The number of benzene rings is 3. The Morgan fingerprint density at radius 2 is 1.44 bits per heavy atom. The number of carbonyl (C=O) groups excluding carboxylic acids is 1. The van der Waals surface area contributed by atoms with Crippen molar-refractivity contribution in [3.63, 3.8) is 0 Å². The van der Waals surface area contributed by atoms with E-state index in [1.54, 1.807) is 11.8 Å². The van der Waals surface area contributed by atoms with E-state index < -0.39 is 0 Å². The highest BCUT2D eigenvalue weighted by molar-refractivity contribution is 8.00. The molecular weight excluding hydrogens is 348 g/mol. The first-order valence-corrected chi connectivity index (χ1v) is 9.70. The molecule has 0 saturated carbocycles. The summed E-state index contributed by atoms with van der Waals surface area (Å²) in [5.74, 6) is 0.384. The van der Waals surface area contributed by atoms with E-state index in [1.807, 2.05) is 65.6 Å². The van der Waals surface area contributed by atoms with Crippen LogP contribution in [0.25, 0.3) is 0 Å². The molecule has 1 amide bonds. The van der Waals surface area contributed by atoms with Gasteiger partial charge in [-0.05, 0) is 36.4 Å². The Morgan fingerprint density at radius 1 is 0.880 bits per heavy atom. The first-order valence-electron chi connectivity index (χ1n) is 7.90. The van der Waals surface area contributed by atoms with E-state index in [-0.39, 0.29) is 5.91 Å². The van der Waals surface area contributed by atoms with E-state index in [2.05, 4.69) is 12.1 Å². The second-order valence-corrected chi connectivity index (χ2v) is 7.69. The third kappa shape index (κ3) is 3.13. The molecule has 0 aromatic heterocycles. The van der Waals surface area contributed by atoms with E-state index >= 15 is 0 Å². The molecule has 3 aromatic carbocycles. The number of hydrogen-bond acceptors (Lipinski definition) is 4. The number of nitrogens with two attached hydrogens (primary N) is 1. The molecule has 25 heavy (non-hydrogen) atoms. The molecule has 124 valence electrons. The summed E-state index contributed by atoms with van der Waals surface area (Å²) in [4.78, 5) is 18.0. The fourth-order valence-electron chi connectivity index (χ4n) is 2.79. The topological polar surface area (TPSA) is 46.3 Å². The van der Waals surface area contributed by atoms with Crippen LogP contribution in [0.3, 0.4) is 0 Å². The molecule has 1 aliphatic rings. The lowest BCUT2D eigenvalue weighted by atomic mass is 10.2. The minimum atomic E-state index is 0.0495. The maximum absolute atomic E-state index is 13.1. The van der Waals surface area contributed by atoms with Crippen molar-refractivity contribution in [1.29, 1.82) is 0 Å². The van der Waals surface area contributed by atoms with Crippen LogP contribution in [-0.4, -0.2) is 11.7 Å². The van der Waals surface area contributed by atoms with Crippen molar-refractivity contribution in [3.05, 3.63) is 72.8 Å². The van der Waals surface area contributed by atoms with Gasteiger partial charge in [0, 0.05) is 20.4 Å². The Balaban J connectivity index is 1.65. The molecule has 2 N–H and O–H groups in total. The molecule has 1 aliphatic heterocycles. The van der Waals surface area contributed by atoms with Gasteiger partial charge in [-0.1, -0.05) is 48.2 Å². The van der Waals surface area contributed by atoms with Crippen LogP contribution in [0, 0.1) is 0 Å². The summed E-state index contributed by atoms with van der Waals surface area (Å²) in [5.41, 5.74) is 8.58. The Kier molecular flexibility index (Phi) is 4.42. The van der Waals surface area contributed by atoms with Gasteiger partial charge in [0.2, 0.25) is 5.91 Å². The third-order valence-corrected chi connectivity index (χ3v) is 6.16. The summed E-state index contributed by atoms with van der Waals surface area (Å²) < 4.78 is 0. The predicted molar refractivity (Wildman–Crippen MR) is 106 cm³/mol. The standard InChI is InChI=1S/C20H16N2OS2/c21-14-7-1-4-10-17(14)24-13-20(23)22-15-8-2-5-11-18(15)25-19-12-6-3-9-16(19)22/h1-12H,13,21H2. The van der Waals surface area contributed by atoms with E-state index in [0.717, 1.165) is 26.1 Å². The molecule has 0 unspecified atom stereocenters. The quantitative estimate of drug-likeness (QED) is 0.513. The van der Waals surface area contributed by atoms with Gasteiger partial charge >= 0.3 is 0 Å². The zero-order valence-electron chi connectivity index (χ0n) is 13.4. The van der Waals surface area contributed by atoms with Gasteiger partial charge in [-0.25, -0.2) is 0 Å². The lowest BCUT2D eigenvalue weighted by Crippen LogP contribution is -2.29. The molecule has 0 fully saturated rings. The Morgan fingerprint density at radius 3 is 2.08 bits per heavy atom. The van der Waals surface area contributed by atoms with E-state index in [1.165, 1.54) is 11.8 Å². The van der Waals surface area contributed by atoms with Gasteiger partial charge in [0.1, 0.15) is 0 Å². The fourth-order valence-corrected chi connectivity index (χ4v) is 4.66. The van der Waals surface area contributed by atoms with Crippen molar-refractivity contribution in [3.8, 4) is 0 Å². The molecule has 1 heterocycles. The lowest BCUT2D eigenvalue weighted by Gasteiger charge is -2.31. The fraction of sp³-hybridized carbons (Fsp3) is 0.0500. The van der Waals surface area contributed by atoms with Gasteiger partial charge in [-0.15, -0.1) is 11.8 Å². The third-order valence-electron chi connectivity index (χ3n) is 3.95. The van der Waals surface area contributed by atoms with Crippen LogP contribution in [0.4, 0.5) is 17.1 Å². The van der Waals surface area contributed by atoms with Gasteiger partial charge in [-0.2, -0.15) is 0 Å². The number of hydrogen-bond donors (Lipinski definition) is 1. The summed E-state index contributed by atoms with van der Waals surface area (Å²) in [6.45, 7) is 0. The highest BCUT2D eigenvalue weighted by atomic mass is 32.2. The molecular formula is C20H16N2OS2. The average Bonchev–Trinajstić information content (AvgIpc) is 2.65. The maximum atomic E-state index is 13.1. The van der Waals surface area contributed by atoms with Gasteiger partial charge in [-0.3, -0.25) is 9.69 Å². The van der Waals surface area contributed by atoms with Crippen LogP contribution >= 0.6 is 23.5 Å². The van der Waals surface area contributed by atoms with Crippen LogP contribution in [0.5, 0.6) is 0 Å². The number of rotatable bonds is 3. The smallest absolute Gasteiger partial charge is 0.241 e. The van der Waals surface area contributed by atoms with Crippen molar-refractivity contribution in [2.75, 3.05) is 16.4 Å². The minimum Gasteiger partial charge on any atom is -0.398 e. The summed E-state index contributed by atoms with van der Waals surface area (Å²) >= 11 is 3.18. The van der Waals surface area contributed by atoms with Gasteiger partial charge in [0.25, 0.3) is 0 Å². The van der Waals surface area contributed by atoms with Gasteiger partial charge in [0.15, 0.2) is 0 Å². The number of carbonyl (C=O) groups is 1. The number of thioether (sulfide) groups is 1. The Bertz CT molecular complexity index is 897. The first-order chi connectivity index (χ1) is 12.2. The number of anilines is 3. The van der Waals surface area contributed by atoms with Crippen molar-refractivity contribution in [1.82, 2.24) is 0 Å². The molecule has 3 aromatic rings. The normalized spacial score (nSPS) is 12.4. The summed E-state index contributed by atoms with van der Waals surface area (Å²) in [7, 11) is 0. The molecule has 0 radical (unpaired) electrons. The highest BCUT2D eigenvalue weighted by Crippen LogP contribution is 2.48. The summed E-state index contributed by atoms with van der Waals surface area (Å²) in [6, 6.07) is 23.7. The van der Waals surface area contributed by atoms with Crippen LogP contribution in [0.15, 0.2) is 87.5 Å². The average molecular weight is 364 g/mol. The lowest BCUT2D eigenvalue weighted by molar-refractivity contribution is -0.115. The summed E-state index contributed by atoms with van der Waals surface area (Å²) in [5, 5.41) is 0. The second kappa shape index (κ2) is 6.86. The zero-order valence-corrected chi connectivity index (χ0v) is 15.0. The van der Waals surface area contributed by atoms with Crippen LogP contribution in [0.2, 0.25) is 0 Å². The number of para-hydroxylation sites is 3. The van der Waals surface area contributed by atoms with Crippen molar-refractivity contribution >= 4 is 46.5 Å². The van der Waals surface area contributed by atoms with Crippen LogP contribution < -0.4 is 10.6 Å². The van der Waals surface area contributed by atoms with Crippen molar-refractivity contribution in [2.24, 2.45) is 0 Å². The molecule has 4 rings (SSSR count). The van der Waals surface area contributed by atoms with E-state index in [9.17, 15) is 4.79 Å². The first kappa shape index (κ1) is 16.1. The monoisotopic (exact) mass is 364 g/mol. The number of nitrogen functional groups attached to an aromatic ring is 1. The van der Waals surface area contributed by atoms with Crippen molar-refractivity contribution in [2.45, 2.75) is 14.7 Å². The SMILES string of the molecule is Nc1ccccc1SCC(=O)N1c2ccccc2Sc2ccccc21. The highest BCUT2D eigenvalue weighted by Gasteiger charge is 2.27. The predicted octanol–water partition coefficient (Wildman–Crippen LogP) is 5.19. The Labute approximate surface area is 155 Å². The maximum Gasteiger partial charge on any atom is 0.241 e. The van der Waals surface area contributed by atoms with Crippen LogP contribution in [0.1, 0.15) is 0 Å². The molecule has 0 atom stereocenters. The Hall–Kier alpha value is -2.37. The zero-order chi connectivity index (χ0) is 17.2. The van der Waals surface area contributed by atoms with Gasteiger partial charge in [0.05, 0.1) is 17.1 Å². The molecule has 0 bridgehead atoms. The van der Waals surface area contributed by atoms with E-state index in [4.69, 9.17) is 5.73 Å². The molecule has 5 heteroatoms. The molecule has 0 saturated heterocycles. The second-order valence-electron chi connectivity index (χ2n) is 5.59. The van der Waals surface area contributed by atoms with Crippen LogP contribution in [-0.2, 0) is 4.79 Å². The number of fused-ring (bicyclic) bond motifs is 2. The van der Waals surface area contributed by atoms with E-state index in [0.29, 0.717) is 11.4 Å². The number of amides is 1. The largest absolute Gasteiger partial charge is 0.398 e. The molecule has 0 spiro atoms. The molecule has 3 nitrogen and oxygen atoms in total. The molecule has 0 aliphatic carbocycles. The van der Waals surface area contributed by atoms with Gasteiger partial charge < -0.3 is 5.73 Å².